The summed E-state index contributed by atoms with van der Waals surface area (Å²) in [5.41, 5.74) is 2.60. The zero-order valence-electron chi connectivity index (χ0n) is 10.3. The maximum absolute atomic E-state index is 5.49. The third kappa shape index (κ3) is 4.37. The smallest absolute Gasteiger partial charge is 0.205 e. The van der Waals surface area contributed by atoms with E-state index in [4.69, 9.17) is 10.6 Å². The molecule has 0 amide bonds. The number of nitrogens with two attached hydrogens (primary N) is 1. The van der Waals surface area contributed by atoms with Crippen LogP contribution in [0.15, 0.2) is 4.99 Å². The molecule has 0 heterocycles. The van der Waals surface area contributed by atoms with E-state index in [1.54, 1.807) is 0 Å². The SMILES string of the molecule is CCCCN=C(NN)NC1CC(OCC)C1. The summed E-state index contributed by atoms with van der Waals surface area (Å²) in [5, 5.41) is 3.28. The van der Waals surface area contributed by atoms with Crippen molar-refractivity contribution in [3.8, 4) is 0 Å². The van der Waals surface area contributed by atoms with Crippen molar-refractivity contribution in [2.45, 2.75) is 51.7 Å². The molecule has 0 unspecified atom stereocenters. The first-order chi connectivity index (χ1) is 7.80. The number of guanidine groups is 1. The van der Waals surface area contributed by atoms with Crippen molar-refractivity contribution in [1.29, 1.82) is 0 Å². The summed E-state index contributed by atoms with van der Waals surface area (Å²) in [7, 11) is 0. The average Bonchev–Trinajstić information content (AvgIpc) is 2.24. The molecule has 0 saturated heterocycles. The van der Waals surface area contributed by atoms with Gasteiger partial charge in [0.2, 0.25) is 5.96 Å². The number of hydrogen-bond acceptors (Lipinski definition) is 3. The van der Waals surface area contributed by atoms with Crippen molar-refractivity contribution in [3.63, 3.8) is 0 Å². The molecule has 0 radical (unpaired) electrons. The Bertz CT molecular complexity index is 214. The quantitative estimate of drug-likeness (QED) is 0.206. The Morgan fingerprint density at radius 2 is 2.19 bits per heavy atom. The van der Waals surface area contributed by atoms with Crippen LogP contribution in [0.5, 0.6) is 0 Å². The van der Waals surface area contributed by atoms with E-state index in [1.165, 1.54) is 0 Å². The molecule has 16 heavy (non-hydrogen) atoms. The number of hydrazine groups is 1. The third-order valence-corrected chi connectivity index (χ3v) is 2.76. The molecule has 4 N–H and O–H groups in total. The van der Waals surface area contributed by atoms with Gasteiger partial charge in [0.25, 0.3) is 0 Å². The maximum atomic E-state index is 5.49. The number of rotatable bonds is 6. The Morgan fingerprint density at radius 1 is 1.44 bits per heavy atom. The summed E-state index contributed by atoms with van der Waals surface area (Å²) in [6, 6.07) is 0.452. The van der Waals surface area contributed by atoms with Gasteiger partial charge in [-0.05, 0) is 26.2 Å². The summed E-state index contributed by atoms with van der Waals surface area (Å²) in [6.45, 7) is 5.80. The lowest BCUT2D eigenvalue weighted by Crippen LogP contribution is -2.53. The molecule has 0 bridgehead atoms. The van der Waals surface area contributed by atoms with Crippen LogP contribution in [0.4, 0.5) is 0 Å². The second kappa shape index (κ2) is 7.46. The summed E-state index contributed by atoms with van der Waals surface area (Å²) >= 11 is 0. The van der Waals surface area contributed by atoms with Crippen molar-refractivity contribution >= 4 is 5.96 Å². The minimum absolute atomic E-state index is 0.414. The fourth-order valence-corrected chi connectivity index (χ4v) is 1.73. The molecule has 1 aliphatic rings. The molecule has 0 atom stereocenters. The molecular formula is C11H24N4O. The Kier molecular flexibility index (Phi) is 6.18. The van der Waals surface area contributed by atoms with Crippen molar-refractivity contribution in [2.24, 2.45) is 10.8 Å². The van der Waals surface area contributed by atoms with Crippen LogP contribution in [-0.2, 0) is 4.74 Å². The van der Waals surface area contributed by atoms with E-state index in [1.807, 2.05) is 6.92 Å². The lowest BCUT2D eigenvalue weighted by molar-refractivity contribution is -0.00579. The predicted octanol–water partition coefficient (Wildman–Crippen LogP) is 0.763. The lowest BCUT2D eigenvalue weighted by atomic mass is 9.89. The van der Waals surface area contributed by atoms with E-state index in [2.05, 4.69) is 22.7 Å². The molecule has 0 aromatic carbocycles. The number of nitrogens with zero attached hydrogens (tertiary/aromatic N) is 1. The standard InChI is InChI=1S/C11H24N4O/c1-3-5-6-13-11(15-12)14-9-7-10(8-9)16-4-2/h9-10H,3-8,12H2,1-2H3,(H2,13,14,15). The van der Waals surface area contributed by atoms with Gasteiger partial charge in [-0.1, -0.05) is 13.3 Å². The Hall–Kier alpha value is -0.810. The van der Waals surface area contributed by atoms with Crippen molar-refractivity contribution in [3.05, 3.63) is 0 Å². The first-order valence-electron chi connectivity index (χ1n) is 6.19. The topological polar surface area (TPSA) is 71.7 Å². The largest absolute Gasteiger partial charge is 0.378 e. The highest BCUT2D eigenvalue weighted by atomic mass is 16.5. The van der Waals surface area contributed by atoms with Crippen LogP contribution in [0, 0.1) is 0 Å². The van der Waals surface area contributed by atoms with E-state index >= 15 is 0 Å². The van der Waals surface area contributed by atoms with Gasteiger partial charge in [0, 0.05) is 19.2 Å². The van der Waals surface area contributed by atoms with E-state index in [0.717, 1.165) is 38.8 Å². The summed E-state index contributed by atoms with van der Waals surface area (Å²) < 4.78 is 5.49. The van der Waals surface area contributed by atoms with Crippen molar-refractivity contribution < 1.29 is 4.74 Å². The molecule has 1 aliphatic carbocycles. The molecule has 1 rings (SSSR count). The first-order valence-corrected chi connectivity index (χ1v) is 6.19. The van der Waals surface area contributed by atoms with E-state index in [-0.39, 0.29) is 0 Å². The molecule has 94 valence electrons. The molecule has 5 heteroatoms. The fraction of sp³-hybridized carbons (Fsp3) is 0.909. The number of hydrogen-bond donors (Lipinski definition) is 3. The highest BCUT2D eigenvalue weighted by molar-refractivity contribution is 5.79. The highest BCUT2D eigenvalue weighted by Crippen LogP contribution is 2.22. The number of ether oxygens (including phenoxy) is 1. The molecule has 1 fully saturated rings. The van der Waals surface area contributed by atoms with Gasteiger partial charge in [0.1, 0.15) is 0 Å². The van der Waals surface area contributed by atoms with Crippen LogP contribution in [0.25, 0.3) is 0 Å². The fourth-order valence-electron chi connectivity index (χ4n) is 1.73. The van der Waals surface area contributed by atoms with Gasteiger partial charge in [-0.25, -0.2) is 5.84 Å². The van der Waals surface area contributed by atoms with E-state index in [9.17, 15) is 0 Å². The molecule has 0 aromatic heterocycles. The normalized spacial score (nSPS) is 25.1. The van der Waals surface area contributed by atoms with Crippen LogP contribution in [0.2, 0.25) is 0 Å². The maximum Gasteiger partial charge on any atom is 0.205 e. The third-order valence-electron chi connectivity index (χ3n) is 2.76. The van der Waals surface area contributed by atoms with Gasteiger partial charge in [-0.2, -0.15) is 0 Å². The Morgan fingerprint density at radius 3 is 2.75 bits per heavy atom. The Balaban J connectivity index is 2.17. The second-order valence-electron chi connectivity index (χ2n) is 4.12. The minimum atomic E-state index is 0.414. The van der Waals surface area contributed by atoms with Gasteiger partial charge in [-0.15, -0.1) is 0 Å². The molecule has 0 spiro atoms. The van der Waals surface area contributed by atoms with Crippen LogP contribution in [-0.4, -0.2) is 31.3 Å². The molecule has 5 nitrogen and oxygen atoms in total. The summed E-state index contributed by atoms with van der Waals surface area (Å²) in [6.07, 6.45) is 4.75. The van der Waals surface area contributed by atoms with Crippen LogP contribution in [0.1, 0.15) is 39.5 Å². The number of aliphatic imine (C=N–C) groups is 1. The van der Waals surface area contributed by atoms with Crippen LogP contribution in [0.3, 0.4) is 0 Å². The van der Waals surface area contributed by atoms with Crippen LogP contribution < -0.4 is 16.6 Å². The van der Waals surface area contributed by atoms with Crippen molar-refractivity contribution in [1.82, 2.24) is 10.7 Å². The van der Waals surface area contributed by atoms with Gasteiger partial charge in [-0.3, -0.25) is 10.4 Å². The minimum Gasteiger partial charge on any atom is -0.378 e. The van der Waals surface area contributed by atoms with Crippen LogP contribution >= 0.6 is 0 Å². The average molecular weight is 228 g/mol. The van der Waals surface area contributed by atoms with Gasteiger partial charge in [0.15, 0.2) is 0 Å². The number of nitrogens with one attached hydrogen (secondary N) is 2. The molecule has 1 saturated carbocycles. The highest BCUT2D eigenvalue weighted by Gasteiger charge is 2.29. The molecular weight excluding hydrogens is 204 g/mol. The Labute approximate surface area is 97.8 Å². The van der Waals surface area contributed by atoms with E-state index < -0.39 is 0 Å². The molecule has 0 aromatic rings. The van der Waals surface area contributed by atoms with Gasteiger partial charge < -0.3 is 10.1 Å². The predicted molar refractivity (Wildman–Crippen MR) is 66.1 cm³/mol. The van der Waals surface area contributed by atoms with Gasteiger partial charge in [0.05, 0.1) is 6.10 Å². The zero-order chi connectivity index (χ0) is 11.8. The zero-order valence-corrected chi connectivity index (χ0v) is 10.3. The second-order valence-corrected chi connectivity index (χ2v) is 4.12. The lowest BCUT2D eigenvalue weighted by Gasteiger charge is -2.36. The van der Waals surface area contributed by atoms with Gasteiger partial charge >= 0.3 is 0 Å². The summed E-state index contributed by atoms with van der Waals surface area (Å²) in [5.74, 6) is 6.10. The molecule has 0 aliphatic heterocycles. The van der Waals surface area contributed by atoms with E-state index in [0.29, 0.717) is 18.1 Å². The number of unbranched alkanes of at least 4 members (excludes halogenated alkanes) is 1. The van der Waals surface area contributed by atoms with Crippen molar-refractivity contribution in [2.75, 3.05) is 13.2 Å². The first kappa shape index (κ1) is 13.3. The summed E-state index contributed by atoms with van der Waals surface area (Å²) in [4.78, 5) is 4.35. The monoisotopic (exact) mass is 228 g/mol.